The van der Waals surface area contributed by atoms with Gasteiger partial charge in [0, 0.05) is 11.6 Å². The highest BCUT2D eigenvalue weighted by atomic mass is 32.2. The number of carbonyl (C=O) groups excluding carboxylic acids is 1. The molecule has 2 aromatic carbocycles. The Bertz CT molecular complexity index is 940. The van der Waals surface area contributed by atoms with Crippen LogP contribution in [-0.2, 0) is 4.79 Å². The van der Waals surface area contributed by atoms with Crippen molar-refractivity contribution >= 4 is 23.4 Å². The summed E-state index contributed by atoms with van der Waals surface area (Å²) in [5.41, 5.74) is 1.34. The van der Waals surface area contributed by atoms with Crippen LogP contribution in [0.1, 0.15) is 35.4 Å². The van der Waals surface area contributed by atoms with Gasteiger partial charge in [-0.2, -0.15) is 0 Å². The number of nitrogen functional groups attached to an aromatic ring is 1. The number of benzene rings is 2. The minimum Gasteiger partial charge on any atom is -0.336 e. The van der Waals surface area contributed by atoms with Gasteiger partial charge in [0.15, 0.2) is 5.82 Å². The number of rotatable bonds is 6. The van der Waals surface area contributed by atoms with E-state index in [9.17, 15) is 9.18 Å². The number of nitrogens with one attached hydrogen (secondary N) is 1. The molecule has 3 aromatic rings. The van der Waals surface area contributed by atoms with Crippen molar-refractivity contribution < 1.29 is 9.18 Å². The van der Waals surface area contributed by atoms with E-state index in [2.05, 4.69) is 15.5 Å². The number of hydrogen-bond acceptors (Lipinski definition) is 5. The van der Waals surface area contributed by atoms with Gasteiger partial charge in [-0.05, 0) is 42.7 Å². The largest absolute Gasteiger partial charge is 0.336 e. The first-order valence-corrected chi connectivity index (χ1v) is 9.48. The standard InChI is InChI=1S/C19H18FN5OS/c20-14-8-10-15(11-9-14)22-18(26)16(12-4-2-1-3-5-12)27-19-24-23-17(25(19)21)13-6-7-13/h1-5,8-11,13,16H,6-7,21H2,(H,22,26)/t16-/m0/s1. The molecule has 1 fully saturated rings. The minimum atomic E-state index is -0.574. The summed E-state index contributed by atoms with van der Waals surface area (Å²) in [6.45, 7) is 0. The molecule has 1 aliphatic carbocycles. The highest BCUT2D eigenvalue weighted by Crippen LogP contribution is 2.41. The fraction of sp³-hybridized carbons (Fsp3) is 0.211. The number of thioether (sulfide) groups is 1. The fourth-order valence-corrected chi connectivity index (χ4v) is 3.70. The first-order chi connectivity index (χ1) is 13.1. The van der Waals surface area contributed by atoms with Gasteiger partial charge in [0.1, 0.15) is 11.1 Å². The van der Waals surface area contributed by atoms with Crippen LogP contribution in [0.5, 0.6) is 0 Å². The van der Waals surface area contributed by atoms with Gasteiger partial charge in [-0.3, -0.25) is 4.79 Å². The molecule has 0 unspecified atom stereocenters. The lowest BCUT2D eigenvalue weighted by Gasteiger charge is -2.16. The molecule has 0 radical (unpaired) electrons. The normalized spacial score (nSPS) is 14.7. The number of nitrogens with two attached hydrogens (primary N) is 1. The van der Waals surface area contributed by atoms with E-state index >= 15 is 0 Å². The highest BCUT2D eigenvalue weighted by Gasteiger charge is 2.31. The summed E-state index contributed by atoms with van der Waals surface area (Å²) in [5, 5.41) is 11.1. The summed E-state index contributed by atoms with van der Waals surface area (Å²) in [6, 6.07) is 15.0. The summed E-state index contributed by atoms with van der Waals surface area (Å²) in [6.07, 6.45) is 2.13. The Morgan fingerprint density at radius 3 is 2.52 bits per heavy atom. The molecule has 0 spiro atoms. The van der Waals surface area contributed by atoms with Crippen molar-refractivity contribution in [1.29, 1.82) is 0 Å². The van der Waals surface area contributed by atoms with Crippen LogP contribution >= 0.6 is 11.8 Å². The molecule has 0 aliphatic heterocycles. The lowest BCUT2D eigenvalue weighted by molar-refractivity contribution is -0.115. The van der Waals surface area contributed by atoms with Crippen LogP contribution in [0, 0.1) is 5.82 Å². The number of nitrogens with zero attached hydrogens (tertiary/aromatic N) is 3. The predicted molar refractivity (Wildman–Crippen MR) is 102 cm³/mol. The molecule has 1 aliphatic rings. The van der Waals surface area contributed by atoms with Gasteiger partial charge in [-0.15, -0.1) is 10.2 Å². The van der Waals surface area contributed by atoms with E-state index in [4.69, 9.17) is 5.84 Å². The van der Waals surface area contributed by atoms with Crippen LogP contribution in [0.15, 0.2) is 59.8 Å². The summed E-state index contributed by atoms with van der Waals surface area (Å²) in [4.78, 5) is 12.9. The lowest BCUT2D eigenvalue weighted by Crippen LogP contribution is -2.20. The summed E-state index contributed by atoms with van der Waals surface area (Å²) in [5.74, 6) is 6.65. The smallest absolute Gasteiger partial charge is 0.242 e. The SMILES string of the molecule is Nn1c(S[C@H](C(=O)Nc2ccc(F)cc2)c2ccccc2)nnc1C1CC1. The number of anilines is 1. The van der Waals surface area contributed by atoms with Gasteiger partial charge in [0.05, 0.1) is 0 Å². The maximum Gasteiger partial charge on any atom is 0.242 e. The number of amides is 1. The van der Waals surface area contributed by atoms with Crippen LogP contribution in [0.4, 0.5) is 10.1 Å². The Hall–Kier alpha value is -2.87. The molecule has 8 heteroatoms. The van der Waals surface area contributed by atoms with E-state index in [0.29, 0.717) is 16.8 Å². The van der Waals surface area contributed by atoms with E-state index in [-0.39, 0.29) is 11.7 Å². The average molecular weight is 383 g/mol. The zero-order chi connectivity index (χ0) is 18.8. The topological polar surface area (TPSA) is 85.8 Å². The van der Waals surface area contributed by atoms with E-state index in [0.717, 1.165) is 24.2 Å². The zero-order valence-electron chi connectivity index (χ0n) is 14.4. The molecule has 1 atom stereocenters. The number of carbonyl (C=O) groups is 1. The minimum absolute atomic E-state index is 0.242. The van der Waals surface area contributed by atoms with Crippen molar-refractivity contribution in [1.82, 2.24) is 14.9 Å². The van der Waals surface area contributed by atoms with E-state index in [1.807, 2.05) is 30.3 Å². The Balaban J connectivity index is 1.59. The molecule has 0 bridgehead atoms. The third-order valence-corrected chi connectivity index (χ3v) is 5.52. The molecule has 3 N–H and O–H groups in total. The van der Waals surface area contributed by atoms with Crippen molar-refractivity contribution in [3.05, 3.63) is 71.8 Å². The van der Waals surface area contributed by atoms with E-state index < -0.39 is 5.25 Å². The Morgan fingerprint density at radius 2 is 1.85 bits per heavy atom. The monoisotopic (exact) mass is 383 g/mol. The quantitative estimate of drug-likeness (QED) is 0.503. The summed E-state index contributed by atoms with van der Waals surface area (Å²) >= 11 is 1.24. The molecule has 27 heavy (non-hydrogen) atoms. The predicted octanol–water partition coefficient (Wildman–Crippen LogP) is 3.48. The molecule has 1 amide bonds. The Morgan fingerprint density at radius 1 is 1.15 bits per heavy atom. The maximum absolute atomic E-state index is 13.1. The number of aromatic nitrogens is 3. The van der Waals surface area contributed by atoms with Gasteiger partial charge in [-0.1, -0.05) is 42.1 Å². The van der Waals surface area contributed by atoms with Crippen LogP contribution in [0.3, 0.4) is 0 Å². The molecule has 6 nitrogen and oxygen atoms in total. The first-order valence-electron chi connectivity index (χ1n) is 8.60. The average Bonchev–Trinajstić information content (AvgIpc) is 3.46. The van der Waals surface area contributed by atoms with Gasteiger partial charge in [-0.25, -0.2) is 9.07 Å². The molecule has 1 heterocycles. The lowest BCUT2D eigenvalue weighted by atomic mass is 10.1. The second-order valence-corrected chi connectivity index (χ2v) is 7.46. The second-order valence-electron chi connectivity index (χ2n) is 6.39. The van der Waals surface area contributed by atoms with Crippen molar-refractivity contribution in [2.45, 2.75) is 29.2 Å². The first kappa shape index (κ1) is 17.5. The van der Waals surface area contributed by atoms with Crippen LogP contribution < -0.4 is 11.2 Å². The second kappa shape index (κ2) is 7.40. The number of hydrogen-bond donors (Lipinski definition) is 2. The van der Waals surface area contributed by atoms with Crippen LogP contribution in [0.25, 0.3) is 0 Å². The highest BCUT2D eigenvalue weighted by molar-refractivity contribution is 8.00. The Labute approximate surface area is 160 Å². The Kier molecular flexibility index (Phi) is 4.81. The molecule has 138 valence electrons. The third-order valence-electron chi connectivity index (χ3n) is 4.31. The van der Waals surface area contributed by atoms with Crippen molar-refractivity contribution in [3.63, 3.8) is 0 Å². The van der Waals surface area contributed by atoms with Crippen molar-refractivity contribution in [2.75, 3.05) is 11.2 Å². The fourth-order valence-electron chi connectivity index (χ4n) is 2.74. The van der Waals surface area contributed by atoms with Gasteiger partial charge in [0.25, 0.3) is 0 Å². The molecule has 0 saturated heterocycles. The van der Waals surface area contributed by atoms with Crippen LogP contribution in [0.2, 0.25) is 0 Å². The molecular weight excluding hydrogens is 365 g/mol. The maximum atomic E-state index is 13.1. The molecular formula is C19H18FN5OS. The number of halogens is 1. The molecule has 1 saturated carbocycles. The zero-order valence-corrected chi connectivity index (χ0v) is 15.2. The van der Waals surface area contributed by atoms with E-state index in [1.54, 1.807) is 0 Å². The van der Waals surface area contributed by atoms with Crippen LogP contribution in [-0.4, -0.2) is 20.8 Å². The van der Waals surface area contributed by atoms with Crippen molar-refractivity contribution in [3.8, 4) is 0 Å². The third kappa shape index (κ3) is 3.95. The molecule has 4 rings (SSSR count). The van der Waals surface area contributed by atoms with Gasteiger partial charge in [0.2, 0.25) is 11.1 Å². The van der Waals surface area contributed by atoms with E-state index in [1.165, 1.54) is 40.7 Å². The van der Waals surface area contributed by atoms with Crippen molar-refractivity contribution in [2.24, 2.45) is 0 Å². The molecule has 1 aromatic heterocycles. The summed E-state index contributed by atoms with van der Waals surface area (Å²) < 4.78 is 14.6. The van der Waals surface area contributed by atoms with Gasteiger partial charge < -0.3 is 11.2 Å². The summed E-state index contributed by atoms with van der Waals surface area (Å²) in [7, 11) is 0. The van der Waals surface area contributed by atoms with Gasteiger partial charge >= 0.3 is 0 Å².